The van der Waals surface area contributed by atoms with Crippen LogP contribution in [0, 0.1) is 6.57 Å². The summed E-state index contributed by atoms with van der Waals surface area (Å²) < 4.78 is 0. The Morgan fingerprint density at radius 2 is 0.920 bits per heavy atom. The zero-order valence-electron chi connectivity index (χ0n) is 27.1. The number of rotatable bonds is 3. The molecule has 0 aliphatic heterocycles. The van der Waals surface area contributed by atoms with Gasteiger partial charge in [-0.2, -0.15) is 0 Å². The molecule has 0 atom stereocenters. The van der Waals surface area contributed by atoms with Crippen LogP contribution in [0.15, 0.2) is 170 Å². The molecule has 50 heavy (non-hydrogen) atoms. The van der Waals surface area contributed by atoms with E-state index in [0.717, 1.165) is 27.5 Å². The Labute approximate surface area is 289 Å². The quantitative estimate of drug-likeness (QED) is 0.108. The number of benzene rings is 9. The highest BCUT2D eigenvalue weighted by Crippen LogP contribution is 2.49. The molecular weight excluding hydrogens is 605 g/mol. The van der Waals surface area contributed by atoms with Crippen molar-refractivity contribution in [2.24, 2.45) is 0 Å². The summed E-state index contributed by atoms with van der Waals surface area (Å²) in [6.45, 7) is 7.52. The van der Waals surface area contributed by atoms with Gasteiger partial charge in [0, 0.05) is 16.2 Å². The van der Waals surface area contributed by atoms with Crippen LogP contribution in [-0.2, 0) is 0 Å². The summed E-state index contributed by atoms with van der Waals surface area (Å²) in [5, 5.41) is 13.2. The van der Waals surface area contributed by atoms with Crippen LogP contribution in [0.1, 0.15) is 0 Å². The average Bonchev–Trinajstić information content (AvgIpc) is 3.19. The second-order valence-electron chi connectivity index (χ2n) is 12.9. The Kier molecular flexibility index (Phi) is 6.28. The molecule has 9 aromatic carbocycles. The van der Waals surface area contributed by atoms with E-state index < -0.39 is 0 Å². The molecule has 0 N–H and O–H groups in total. The molecule has 230 valence electrons. The molecule has 0 aliphatic rings. The van der Waals surface area contributed by atoms with E-state index in [-0.39, 0.29) is 0 Å². The van der Waals surface area contributed by atoms with Crippen LogP contribution in [0.4, 0.5) is 5.69 Å². The second kappa shape index (κ2) is 11.1. The first-order valence-electron chi connectivity index (χ1n) is 16.9. The fourth-order valence-electron chi connectivity index (χ4n) is 8.09. The van der Waals surface area contributed by atoms with Crippen molar-refractivity contribution in [3.63, 3.8) is 0 Å². The van der Waals surface area contributed by atoms with Crippen LogP contribution in [0.2, 0.25) is 0 Å². The summed E-state index contributed by atoms with van der Waals surface area (Å²) in [7, 11) is 0. The third-order valence-corrected chi connectivity index (χ3v) is 10.2. The molecule has 0 radical (unpaired) electrons. The van der Waals surface area contributed by atoms with Crippen molar-refractivity contribution in [1.29, 1.82) is 0 Å². The first kappa shape index (κ1) is 28.2. The molecule has 1 heterocycles. The fourth-order valence-corrected chi connectivity index (χ4v) is 8.09. The van der Waals surface area contributed by atoms with Gasteiger partial charge < -0.3 is 0 Å². The van der Waals surface area contributed by atoms with Crippen molar-refractivity contribution in [3.8, 4) is 33.5 Å². The standard InChI is InChI=1S/C48H28N2/c1-49-32-27-25-31(26-28-32)48-43-29-42(34-16-4-5-17-36(34)47(43)41-22-10-11-24-44(41)50-48)46-39-20-8-6-18-37(39)45(38-19-7-9-21-40(38)46)35-23-12-14-30-13-2-3-15-33(30)35/h2-29H. The van der Waals surface area contributed by atoms with Gasteiger partial charge in [0.15, 0.2) is 5.69 Å². The first-order valence-corrected chi connectivity index (χ1v) is 16.9. The lowest BCUT2D eigenvalue weighted by atomic mass is 9.82. The molecule has 0 aliphatic carbocycles. The summed E-state index contributed by atoms with van der Waals surface area (Å²) in [4.78, 5) is 8.95. The Hall–Kier alpha value is -6.82. The highest BCUT2D eigenvalue weighted by Gasteiger charge is 2.22. The molecule has 0 bridgehead atoms. The van der Waals surface area contributed by atoms with E-state index in [2.05, 4.69) is 150 Å². The summed E-state index contributed by atoms with van der Waals surface area (Å²) in [5.74, 6) is 0. The molecule has 0 unspecified atom stereocenters. The molecule has 10 aromatic rings. The van der Waals surface area contributed by atoms with E-state index in [1.807, 2.05) is 24.3 Å². The number of fused-ring (bicyclic) bond motifs is 8. The van der Waals surface area contributed by atoms with Gasteiger partial charge in [-0.15, -0.1) is 0 Å². The van der Waals surface area contributed by atoms with Crippen molar-refractivity contribution in [2.75, 3.05) is 0 Å². The maximum atomic E-state index is 7.52. The van der Waals surface area contributed by atoms with Gasteiger partial charge in [0.1, 0.15) is 0 Å². The minimum atomic E-state index is 0.620. The highest BCUT2D eigenvalue weighted by atomic mass is 14.7. The Morgan fingerprint density at radius 1 is 0.400 bits per heavy atom. The van der Waals surface area contributed by atoms with Gasteiger partial charge in [0.2, 0.25) is 0 Å². The van der Waals surface area contributed by atoms with E-state index in [9.17, 15) is 0 Å². The normalized spacial score (nSPS) is 11.6. The van der Waals surface area contributed by atoms with Crippen LogP contribution >= 0.6 is 0 Å². The fraction of sp³-hybridized carbons (Fsp3) is 0. The van der Waals surface area contributed by atoms with Gasteiger partial charge in [-0.05, 0) is 83.0 Å². The summed E-state index contributed by atoms with van der Waals surface area (Å²) >= 11 is 0. The van der Waals surface area contributed by atoms with Crippen LogP contribution in [0.3, 0.4) is 0 Å². The molecule has 0 spiro atoms. The number of para-hydroxylation sites is 1. The summed E-state index contributed by atoms with van der Waals surface area (Å²) in [6.07, 6.45) is 0. The van der Waals surface area contributed by atoms with Crippen molar-refractivity contribution >= 4 is 70.5 Å². The molecule has 2 heteroatoms. The van der Waals surface area contributed by atoms with Gasteiger partial charge in [0.25, 0.3) is 0 Å². The largest absolute Gasteiger partial charge is 0.247 e. The molecule has 0 amide bonds. The Bertz CT molecular complexity index is 2980. The third-order valence-electron chi connectivity index (χ3n) is 10.2. The minimum Gasteiger partial charge on any atom is -0.247 e. The molecule has 0 fully saturated rings. The molecule has 10 rings (SSSR count). The smallest absolute Gasteiger partial charge is 0.187 e. The van der Waals surface area contributed by atoms with E-state index in [1.54, 1.807) is 0 Å². The molecule has 0 saturated heterocycles. The number of hydrogen-bond acceptors (Lipinski definition) is 1. The van der Waals surface area contributed by atoms with Gasteiger partial charge in [-0.25, -0.2) is 9.83 Å². The van der Waals surface area contributed by atoms with E-state index in [0.29, 0.717) is 5.69 Å². The number of aromatic nitrogens is 1. The maximum Gasteiger partial charge on any atom is 0.187 e. The van der Waals surface area contributed by atoms with Crippen molar-refractivity contribution in [1.82, 2.24) is 4.98 Å². The molecule has 2 nitrogen and oxygen atoms in total. The second-order valence-corrected chi connectivity index (χ2v) is 12.9. The van der Waals surface area contributed by atoms with Crippen molar-refractivity contribution in [2.45, 2.75) is 0 Å². The van der Waals surface area contributed by atoms with Crippen LogP contribution in [0.5, 0.6) is 0 Å². The van der Waals surface area contributed by atoms with E-state index in [4.69, 9.17) is 11.6 Å². The predicted molar refractivity (Wildman–Crippen MR) is 212 cm³/mol. The van der Waals surface area contributed by atoms with Crippen LogP contribution < -0.4 is 0 Å². The Morgan fingerprint density at radius 3 is 1.58 bits per heavy atom. The summed E-state index contributed by atoms with van der Waals surface area (Å²) in [5.41, 5.74) is 8.40. The van der Waals surface area contributed by atoms with Gasteiger partial charge >= 0.3 is 0 Å². The minimum absolute atomic E-state index is 0.620. The SMILES string of the molecule is [C-]#[N+]c1ccc(-c2nc3ccccc3c3c2cc(-c2c4ccccc4c(-c4cccc5ccccc45)c4ccccc24)c2ccccc23)cc1. The van der Waals surface area contributed by atoms with Crippen molar-refractivity contribution < 1.29 is 0 Å². The lowest BCUT2D eigenvalue weighted by Crippen LogP contribution is -1.95. The lowest BCUT2D eigenvalue weighted by molar-refractivity contribution is 1.43. The third kappa shape index (κ3) is 4.18. The van der Waals surface area contributed by atoms with Crippen molar-refractivity contribution in [3.05, 3.63) is 181 Å². The van der Waals surface area contributed by atoms with Gasteiger partial charge in [0.05, 0.1) is 17.8 Å². The lowest BCUT2D eigenvalue weighted by Gasteiger charge is -2.21. The first-order chi connectivity index (χ1) is 24.8. The van der Waals surface area contributed by atoms with E-state index in [1.165, 1.54) is 70.7 Å². The topological polar surface area (TPSA) is 17.2 Å². The maximum absolute atomic E-state index is 7.52. The Balaban J connectivity index is 1.39. The molecular formula is C48H28N2. The molecule has 1 aromatic heterocycles. The number of nitrogens with zero attached hydrogens (tertiary/aromatic N) is 2. The van der Waals surface area contributed by atoms with E-state index >= 15 is 0 Å². The zero-order chi connectivity index (χ0) is 33.2. The van der Waals surface area contributed by atoms with Gasteiger partial charge in [-0.1, -0.05) is 158 Å². The molecule has 0 saturated carbocycles. The number of hydrogen-bond donors (Lipinski definition) is 0. The number of pyridine rings is 1. The zero-order valence-corrected chi connectivity index (χ0v) is 27.1. The summed E-state index contributed by atoms with van der Waals surface area (Å²) in [6, 6.07) is 60.6. The average molecular weight is 633 g/mol. The monoisotopic (exact) mass is 632 g/mol. The van der Waals surface area contributed by atoms with Crippen LogP contribution in [0.25, 0.3) is 103 Å². The van der Waals surface area contributed by atoms with Crippen LogP contribution in [-0.4, -0.2) is 4.98 Å². The highest BCUT2D eigenvalue weighted by molar-refractivity contribution is 6.30. The van der Waals surface area contributed by atoms with Gasteiger partial charge in [-0.3, -0.25) is 0 Å². The predicted octanol–water partition coefficient (Wildman–Crippen LogP) is 13.6.